The highest BCUT2D eigenvalue weighted by molar-refractivity contribution is 5.29. The molecule has 2 aromatic rings. The molecule has 200 valence electrons. The second-order valence-corrected chi connectivity index (χ2v) is 10.4. The molecule has 0 radical (unpaired) electrons. The molecule has 1 saturated carbocycles. The largest absolute Gasteiger partial charge is 0.429 e. The first-order valence-electron chi connectivity index (χ1n) is 13.6. The third-order valence-corrected chi connectivity index (χ3v) is 7.52. The Morgan fingerprint density at radius 3 is 1.86 bits per heavy atom. The lowest BCUT2D eigenvalue weighted by atomic mass is 9.77. The van der Waals surface area contributed by atoms with Crippen molar-refractivity contribution in [1.29, 1.82) is 0 Å². The van der Waals surface area contributed by atoms with Gasteiger partial charge in [-0.25, -0.2) is 13.2 Å². The highest BCUT2D eigenvalue weighted by atomic mass is 19.3. The average Bonchev–Trinajstić information content (AvgIpc) is 2.86. The molecule has 0 aliphatic heterocycles. The first-order chi connectivity index (χ1) is 17.3. The van der Waals surface area contributed by atoms with E-state index >= 15 is 0 Å². The van der Waals surface area contributed by atoms with E-state index in [9.17, 15) is 22.0 Å². The van der Waals surface area contributed by atoms with Crippen LogP contribution in [0.1, 0.15) is 102 Å². The standard InChI is InChI=1S/C30H39F5O/c1-2-3-4-5-6-7-8-9-22-10-12-23(13-11-22)14-15-24-16-18-25(19-17-24)30(34,35)36-26-20-27(31)29(33)28(32)21-26/h16-23H,2-15H2,1H3/t22-,23-. The fourth-order valence-electron chi connectivity index (χ4n) is 5.23. The number of alkyl halides is 2. The van der Waals surface area contributed by atoms with Crippen LogP contribution < -0.4 is 4.74 Å². The van der Waals surface area contributed by atoms with Gasteiger partial charge < -0.3 is 4.74 Å². The Balaban J connectivity index is 1.38. The fraction of sp³-hybridized carbons (Fsp3) is 0.600. The second-order valence-electron chi connectivity index (χ2n) is 10.4. The number of rotatable bonds is 14. The van der Waals surface area contributed by atoms with E-state index in [0.29, 0.717) is 18.1 Å². The second kappa shape index (κ2) is 14.0. The summed E-state index contributed by atoms with van der Waals surface area (Å²) >= 11 is 0. The molecule has 0 spiro atoms. The Morgan fingerprint density at radius 1 is 0.750 bits per heavy atom. The van der Waals surface area contributed by atoms with Crippen LogP contribution in [0.25, 0.3) is 0 Å². The normalized spacial score (nSPS) is 18.4. The maximum absolute atomic E-state index is 14.5. The lowest BCUT2D eigenvalue weighted by molar-refractivity contribution is -0.185. The molecule has 6 heteroatoms. The molecule has 0 N–H and O–H groups in total. The summed E-state index contributed by atoms with van der Waals surface area (Å²) in [4.78, 5) is 0. The molecule has 1 fully saturated rings. The van der Waals surface area contributed by atoms with Gasteiger partial charge in [0.15, 0.2) is 17.5 Å². The summed E-state index contributed by atoms with van der Waals surface area (Å²) in [7, 11) is 0. The number of aryl methyl sites for hydroxylation is 1. The zero-order valence-corrected chi connectivity index (χ0v) is 21.3. The summed E-state index contributed by atoms with van der Waals surface area (Å²) in [6.45, 7) is 2.25. The summed E-state index contributed by atoms with van der Waals surface area (Å²) in [5, 5.41) is 0. The van der Waals surface area contributed by atoms with Gasteiger partial charge in [-0.1, -0.05) is 96.1 Å². The van der Waals surface area contributed by atoms with E-state index in [-0.39, 0.29) is 0 Å². The van der Waals surface area contributed by atoms with Crippen molar-refractivity contribution in [3.05, 3.63) is 65.0 Å². The Kier molecular flexibility index (Phi) is 11.1. The third-order valence-electron chi connectivity index (χ3n) is 7.52. The van der Waals surface area contributed by atoms with Gasteiger partial charge in [-0.2, -0.15) is 8.78 Å². The van der Waals surface area contributed by atoms with Crippen molar-refractivity contribution >= 4 is 0 Å². The van der Waals surface area contributed by atoms with Crippen molar-refractivity contribution in [3.8, 4) is 5.75 Å². The number of hydrogen-bond acceptors (Lipinski definition) is 1. The van der Waals surface area contributed by atoms with Crippen LogP contribution in [-0.2, 0) is 12.5 Å². The Labute approximate surface area is 212 Å². The molecule has 0 amide bonds. The van der Waals surface area contributed by atoms with Gasteiger partial charge >= 0.3 is 6.11 Å². The van der Waals surface area contributed by atoms with Crippen molar-refractivity contribution in [1.82, 2.24) is 0 Å². The van der Waals surface area contributed by atoms with Crippen molar-refractivity contribution in [2.24, 2.45) is 11.8 Å². The van der Waals surface area contributed by atoms with Crippen molar-refractivity contribution < 1.29 is 26.7 Å². The number of unbranched alkanes of at least 4 members (excludes halogenated alkanes) is 6. The number of ether oxygens (including phenoxy) is 1. The first kappa shape index (κ1) is 28.5. The van der Waals surface area contributed by atoms with Crippen LogP contribution >= 0.6 is 0 Å². The maximum atomic E-state index is 14.5. The lowest BCUT2D eigenvalue weighted by Gasteiger charge is -2.28. The van der Waals surface area contributed by atoms with Gasteiger partial charge in [-0.3, -0.25) is 0 Å². The van der Waals surface area contributed by atoms with Crippen molar-refractivity contribution in [2.45, 2.75) is 103 Å². The molecule has 0 saturated heterocycles. The van der Waals surface area contributed by atoms with E-state index in [4.69, 9.17) is 0 Å². The molecular weight excluding hydrogens is 471 g/mol. The molecule has 0 bridgehead atoms. The molecule has 0 unspecified atom stereocenters. The van der Waals surface area contributed by atoms with Crippen LogP contribution in [0, 0.1) is 29.3 Å². The van der Waals surface area contributed by atoms with Crippen molar-refractivity contribution in [3.63, 3.8) is 0 Å². The molecule has 1 nitrogen and oxygen atoms in total. The third kappa shape index (κ3) is 8.77. The van der Waals surface area contributed by atoms with E-state index in [1.54, 1.807) is 12.1 Å². The van der Waals surface area contributed by atoms with Gasteiger partial charge in [0.1, 0.15) is 5.75 Å². The molecule has 0 aromatic heterocycles. The van der Waals surface area contributed by atoms with Crippen LogP contribution in [0.15, 0.2) is 36.4 Å². The zero-order valence-electron chi connectivity index (χ0n) is 21.3. The lowest BCUT2D eigenvalue weighted by Crippen LogP contribution is -2.22. The van der Waals surface area contributed by atoms with Crippen LogP contribution in [0.5, 0.6) is 5.75 Å². The minimum Gasteiger partial charge on any atom is -0.429 e. The molecular formula is C30H39F5O. The van der Waals surface area contributed by atoms with E-state index in [1.807, 2.05) is 0 Å². The maximum Gasteiger partial charge on any atom is 0.426 e. The van der Waals surface area contributed by atoms with Crippen molar-refractivity contribution in [2.75, 3.05) is 0 Å². The van der Waals surface area contributed by atoms with Crippen LogP contribution in [0.4, 0.5) is 22.0 Å². The highest BCUT2D eigenvalue weighted by Gasteiger charge is 2.35. The van der Waals surface area contributed by atoms with Gasteiger partial charge in [0.2, 0.25) is 0 Å². The highest BCUT2D eigenvalue weighted by Crippen LogP contribution is 2.35. The predicted octanol–water partition coefficient (Wildman–Crippen LogP) is 10.1. The van der Waals surface area contributed by atoms with Gasteiger partial charge in [-0.05, 0) is 42.4 Å². The van der Waals surface area contributed by atoms with Gasteiger partial charge in [0, 0.05) is 12.1 Å². The molecule has 0 heterocycles. The Bertz CT molecular complexity index is 896. The smallest absolute Gasteiger partial charge is 0.426 e. The minimum absolute atomic E-state index is 0.407. The SMILES string of the molecule is CCCCCCCCC[C@H]1CC[C@H](CCc2ccc(C(F)(F)Oc3cc(F)c(F)c(F)c3)cc2)CC1. The summed E-state index contributed by atoms with van der Waals surface area (Å²) < 4.78 is 73.1. The molecule has 1 aliphatic carbocycles. The fourth-order valence-corrected chi connectivity index (χ4v) is 5.23. The molecule has 2 aromatic carbocycles. The Morgan fingerprint density at radius 2 is 1.28 bits per heavy atom. The summed E-state index contributed by atoms with van der Waals surface area (Å²) in [5.74, 6) is -4.12. The minimum atomic E-state index is -3.80. The molecule has 36 heavy (non-hydrogen) atoms. The van der Waals surface area contributed by atoms with Crippen LogP contribution in [-0.4, -0.2) is 0 Å². The molecule has 1 aliphatic rings. The van der Waals surface area contributed by atoms with Gasteiger partial charge in [0.05, 0.1) is 5.56 Å². The average molecular weight is 511 g/mol. The van der Waals surface area contributed by atoms with Gasteiger partial charge in [0.25, 0.3) is 0 Å². The molecule has 3 rings (SSSR count). The summed E-state index contributed by atoms with van der Waals surface area (Å²) in [6, 6.07) is 6.64. The Hall–Kier alpha value is -2.11. The van der Waals surface area contributed by atoms with E-state index in [0.717, 1.165) is 24.3 Å². The van der Waals surface area contributed by atoms with E-state index < -0.39 is 34.9 Å². The monoisotopic (exact) mass is 510 g/mol. The van der Waals surface area contributed by atoms with E-state index in [2.05, 4.69) is 11.7 Å². The summed E-state index contributed by atoms with van der Waals surface area (Å²) in [6.07, 6.45) is 14.0. The summed E-state index contributed by atoms with van der Waals surface area (Å²) in [5.41, 5.74) is 0.542. The number of halogens is 5. The quantitative estimate of drug-likeness (QED) is 0.140. The molecule has 0 atom stereocenters. The van der Waals surface area contributed by atoms with Crippen LogP contribution in [0.2, 0.25) is 0 Å². The first-order valence-corrected chi connectivity index (χ1v) is 13.6. The topological polar surface area (TPSA) is 9.23 Å². The zero-order chi connectivity index (χ0) is 26.0. The predicted molar refractivity (Wildman–Crippen MR) is 134 cm³/mol. The van der Waals surface area contributed by atoms with Gasteiger partial charge in [-0.15, -0.1) is 0 Å². The van der Waals surface area contributed by atoms with Crippen LogP contribution in [0.3, 0.4) is 0 Å². The van der Waals surface area contributed by atoms with E-state index in [1.165, 1.54) is 89.2 Å². The number of benzene rings is 2. The number of hydrogen-bond donors (Lipinski definition) is 0.